The number of benzene rings is 1. The molecule has 0 radical (unpaired) electrons. The quantitative estimate of drug-likeness (QED) is 0.215. The third kappa shape index (κ3) is 5.52. The van der Waals surface area contributed by atoms with Crippen LogP contribution in [-0.4, -0.2) is 34.8 Å². The van der Waals surface area contributed by atoms with Crippen LogP contribution in [0.3, 0.4) is 0 Å². The monoisotopic (exact) mass is 547 g/mol. The van der Waals surface area contributed by atoms with Crippen LogP contribution in [0.25, 0.3) is 0 Å². The van der Waals surface area contributed by atoms with Gasteiger partial charge in [0.25, 0.3) is 0 Å². The minimum Gasteiger partial charge on any atom is -0.332 e. The van der Waals surface area contributed by atoms with Gasteiger partial charge in [-0.2, -0.15) is 18.4 Å². The van der Waals surface area contributed by atoms with E-state index in [1.807, 2.05) is 0 Å². The number of aldehydes is 2. The minimum absolute atomic E-state index is 0.0335. The van der Waals surface area contributed by atoms with Crippen LogP contribution >= 0.6 is 12.2 Å². The number of aryl methyl sites for hydroxylation is 1. The van der Waals surface area contributed by atoms with E-state index in [1.165, 1.54) is 52.9 Å². The number of alkyl halides is 3. The third-order valence-corrected chi connectivity index (χ3v) is 6.91. The lowest BCUT2D eigenvalue weighted by molar-refractivity contribution is -0.137. The molecule has 0 N–H and O–H groups in total. The molecule has 12 heteroatoms. The Bertz CT molecular complexity index is 1380. The molecule has 0 unspecified atom stereocenters. The number of hydrogen-bond acceptors (Lipinski definition) is 5. The Labute approximate surface area is 222 Å². The van der Waals surface area contributed by atoms with Crippen molar-refractivity contribution in [3.63, 3.8) is 0 Å². The number of rotatable bonds is 7. The molecule has 0 amide bonds. The highest BCUT2D eigenvalue weighted by molar-refractivity contribution is 7.80. The smallest absolute Gasteiger partial charge is 0.332 e. The number of nitrogens with zero attached hydrogens (tertiary/aromatic N) is 5. The second-order valence-corrected chi connectivity index (χ2v) is 9.20. The van der Waals surface area contributed by atoms with Crippen molar-refractivity contribution in [3.8, 4) is 6.07 Å². The zero-order valence-electron chi connectivity index (χ0n) is 20.9. The summed E-state index contributed by atoms with van der Waals surface area (Å²) in [4.78, 5) is 30.1. The lowest BCUT2D eigenvalue weighted by Crippen LogP contribution is -2.61. The molecular weight excluding hydrogens is 522 g/mol. The summed E-state index contributed by atoms with van der Waals surface area (Å²) >= 11 is 5.66. The van der Waals surface area contributed by atoms with Crippen LogP contribution in [0.1, 0.15) is 43.7 Å². The molecule has 1 fully saturated rings. The van der Waals surface area contributed by atoms with Crippen molar-refractivity contribution in [2.45, 2.75) is 44.3 Å². The average molecular weight is 548 g/mol. The first-order valence-corrected chi connectivity index (χ1v) is 12.0. The molecule has 1 aromatic heterocycles. The first-order valence-electron chi connectivity index (χ1n) is 11.6. The average Bonchev–Trinajstić information content (AvgIpc) is 2.85. The number of carbonyl (C=O) groups excluding carboxylic acids is 2. The number of nitriles is 1. The number of thiocarbonyl (C=S) groups is 1. The summed E-state index contributed by atoms with van der Waals surface area (Å²) in [5, 5.41) is 9.07. The maximum Gasteiger partial charge on any atom is 0.417 e. The zero-order valence-corrected chi connectivity index (χ0v) is 21.7. The fourth-order valence-corrected chi connectivity index (χ4v) is 4.58. The Balaban J connectivity index is 2.14. The molecule has 0 atom stereocenters. The van der Waals surface area contributed by atoms with Crippen molar-refractivity contribution in [1.82, 2.24) is 4.57 Å². The van der Waals surface area contributed by atoms with Gasteiger partial charge in [-0.15, -0.1) is 0 Å². The zero-order chi connectivity index (χ0) is 28.3. The Hall–Kier alpha value is -3.85. The molecule has 0 spiro atoms. The fraction of sp³-hybridized carbons (Fsp3) is 0.346. The van der Waals surface area contributed by atoms with Gasteiger partial charge >= 0.3 is 6.18 Å². The maximum atomic E-state index is 15.3. The minimum atomic E-state index is -4.77. The van der Waals surface area contributed by atoms with Crippen molar-refractivity contribution >= 4 is 41.3 Å². The lowest BCUT2D eigenvalue weighted by atomic mass is 9.76. The number of allylic oxidation sites excluding steroid dienone is 2. The van der Waals surface area contributed by atoms with Gasteiger partial charge in [-0.1, -0.05) is 6.92 Å². The Morgan fingerprint density at radius 2 is 1.95 bits per heavy atom. The van der Waals surface area contributed by atoms with E-state index < -0.39 is 28.7 Å². The second kappa shape index (κ2) is 11.3. The number of pyridine rings is 1. The summed E-state index contributed by atoms with van der Waals surface area (Å²) in [7, 11) is 2.97. The van der Waals surface area contributed by atoms with Crippen LogP contribution in [-0.2, 0) is 22.8 Å². The largest absolute Gasteiger partial charge is 0.417 e. The molecule has 1 aromatic carbocycles. The summed E-state index contributed by atoms with van der Waals surface area (Å²) in [5.74, 6) is -0.746. The highest BCUT2D eigenvalue weighted by atomic mass is 32.1. The summed E-state index contributed by atoms with van der Waals surface area (Å²) in [6, 6.07) is 5.87. The third-order valence-electron chi connectivity index (χ3n) is 6.46. The molecule has 1 aliphatic carbocycles. The standard InChI is InChI=1S/C26H25F4N5O2S/c1-4-18(8-11-36)32-23-22(27)13-20(15-33(23)2)35(25(16-37)9-5-10-25)24(38)34(3)19-7-6-17(14-31)21(12-19)26(28,29)30/h6-8,11-13,15-16H,4-5,9-10H2,1-3H3/b18-8-,32-23?. The summed E-state index contributed by atoms with van der Waals surface area (Å²) in [6.45, 7) is 1.76. The highest BCUT2D eigenvalue weighted by Gasteiger charge is 2.46. The molecular formula is C26H25F4N5O2S. The van der Waals surface area contributed by atoms with Crippen molar-refractivity contribution in [2.24, 2.45) is 12.0 Å². The predicted molar refractivity (Wildman–Crippen MR) is 138 cm³/mol. The van der Waals surface area contributed by atoms with Crippen molar-refractivity contribution in [1.29, 1.82) is 5.26 Å². The first kappa shape index (κ1) is 28.7. The molecule has 3 rings (SSSR count). The van der Waals surface area contributed by atoms with E-state index in [9.17, 15) is 22.8 Å². The predicted octanol–water partition coefficient (Wildman–Crippen LogP) is 4.80. The number of aromatic nitrogens is 1. The van der Waals surface area contributed by atoms with Crippen LogP contribution in [0.4, 0.5) is 28.9 Å². The molecule has 0 saturated heterocycles. The van der Waals surface area contributed by atoms with Gasteiger partial charge in [0, 0.05) is 37.7 Å². The van der Waals surface area contributed by atoms with E-state index in [0.717, 1.165) is 24.5 Å². The SMILES string of the molecule is CC/C(=C/C=O)N=c1c(F)cc(N(C(=S)N(C)c2ccc(C#N)c(C(F)(F)F)c2)C2(C=O)CCC2)cn1C. The highest BCUT2D eigenvalue weighted by Crippen LogP contribution is 2.41. The first-order chi connectivity index (χ1) is 17.9. The molecule has 1 heterocycles. The van der Waals surface area contributed by atoms with E-state index in [2.05, 4.69) is 4.99 Å². The van der Waals surface area contributed by atoms with Crippen molar-refractivity contribution < 1.29 is 27.2 Å². The summed E-state index contributed by atoms with van der Waals surface area (Å²) < 4.78 is 57.4. The van der Waals surface area contributed by atoms with E-state index >= 15 is 4.39 Å². The molecule has 2 aromatic rings. The maximum absolute atomic E-state index is 15.3. The number of halogens is 4. The van der Waals surface area contributed by atoms with Gasteiger partial charge in [0.05, 0.1) is 22.9 Å². The Morgan fingerprint density at radius 3 is 2.42 bits per heavy atom. The molecule has 0 aliphatic heterocycles. The van der Waals surface area contributed by atoms with Crippen LogP contribution in [0.15, 0.2) is 47.2 Å². The molecule has 1 saturated carbocycles. The number of hydrogen-bond donors (Lipinski definition) is 0. The van der Waals surface area contributed by atoms with Gasteiger partial charge in [-0.05, 0) is 62.2 Å². The van der Waals surface area contributed by atoms with E-state index in [4.69, 9.17) is 17.5 Å². The van der Waals surface area contributed by atoms with Gasteiger partial charge in [-0.25, -0.2) is 9.38 Å². The van der Waals surface area contributed by atoms with Crippen LogP contribution < -0.4 is 15.3 Å². The summed E-state index contributed by atoms with van der Waals surface area (Å²) in [6.07, 6.45) is 1.15. The molecule has 38 heavy (non-hydrogen) atoms. The molecule has 200 valence electrons. The second-order valence-electron chi connectivity index (χ2n) is 8.83. The van der Waals surface area contributed by atoms with Gasteiger partial charge in [0.1, 0.15) is 18.1 Å². The van der Waals surface area contributed by atoms with Gasteiger partial charge in [0.2, 0.25) is 0 Å². The van der Waals surface area contributed by atoms with Crippen molar-refractivity contribution in [2.75, 3.05) is 16.8 Å². The van der Waals surface area contributed by atoms with E-state index in [1.54, 1.807) is 6.92 Å². The molecule has 7 nitrogen and oxygen atoms in total. The van der Waals surface area contributed by atoms with Gasteiger partial charge in [-0.3, -0.25) is 4.79 Å². The normalized spacial score (nSPS) is 15.3. The van der Waals surface area contributed by atoms with Gasteiger partial charge < -0.3 is 19.2 Å². The number of carbonyl (C=O) groups is 2. The van der Waals surface area contributed by atoms with E-state index in [-0.39, 0.29) is 22.0 Å². The topological polar surface area (TPSA) is 81.7 Å². The molecule has 1 aliphatic rings. The Morgan fingerprint density at radius 1 is 1.26 bits per heavy atom. The van der Waals surface area contributed by atoms with Gasteiger partial charge in [0.15, 0.2) is 16.4 Å². The van der Waals surface area contributed by atoms with Crippen LogP contribution in [0.2, 0.25) is 0 Å². The van der Waals surface area contributed by atoms with E-state index in [0.29, 0.717) is 37.7 Å². The number of anilines is 2. The van der Waals surface area contributed by atoms with Crippen LogP contribution in [0, 0.1) is 17.1 Å². The summed E-state index contributed by atoms with van der Waals surface area (Å²) in [5.41, 5.74) is -2.23. The van der Waals surface area contributed by atoms with Crippen molar-refractivity contribution in [3.05, 3.63) is 64.7 Å². The Kier molecular flexibility index (Phi) is 8.51. The fourth-order valence-electron chi connectivity index (χ4n) is 4.19. The van der Waals surface area contributed by atoms with Crippen LogP contribution in [0.5, 0.6) is 0 Å². The molecule has 0 bridgehead atoms. The lowest BCUT2D eigenvalue weighted by Gasteiger charge is -2.48.